The minimum Gasteiger partial charge on any atom is -0.338 e. The quantitative estimate of drug-likeness (QED) is 0.598. The third kappa shape index (κ3) is 4.50. The normalized spacial score (nSPS) is 15.9. The molecule has 0 saturated carbocycles. The summed E-state index contributed by atoms with van der Waals surface area (Å²) in [4.78, 5) is 48.1. The number of hydrazine groups is 1. The van der Waals surface area contributed by atoms with Crippen molar-refractivity contribution in [3.05, 3.63) is 75.8 Å². The molecule has 1 aliphatic rings. The van der Waals surface area contributed by atoms with Crippen LogP contribution in [0.15, 0.2) is 54.6 Å². The molecule has 0 bridgehead atoms. The van der Waals surface area contributed by atoms with E-state index in [9.17, 15) is 24.5 Å². The van der Waals surface area contributed by atoms with Crippen molar-refractivity contribution in [1.29, 1.82) is 0 Å². The molecule has 2 aromatic carbocycles. The lowest BCUT2D eigenvalue weighted by atomic mass is 10.1. The van der Waals surface area contributed by atoms with Gasteiger partial charge < -0.3 is 4.90 Å². The molecule has 1 saturated heterocycles. The zero-order valence-corrected chi connectivity index (χ0v) is 14.8. The van der Waals surface area contributed by atoms with E-state index in [0.29, 0.717) is 6.54 Å². The highest BCUT2D eigenvalue weighted by molar-refractivity contribution is 5.96. The molecular weight excluding hydrogens is 364 g/mol. The highest BCUT2D eigenvalue weighted by Gasteiger charge is 2.34. The Hall–Kier alpha value is -3.75. The largest absolute Gasteiger partial charge is 0.338 e. The molecular formula is C19H18N4O5. The summed E-state index contributed by atoms with van der Waals surface area (Å²) in [5.41, 5.74) is 5.59. The SMILES string of the molecule is O=C(NNC(=O)C1CC(=O)N(Cc2ccccc2)C1)c1ccc([N+](=O)[O-])cc1. The molecule has 144 valence electrons. The Morgan fingerprint density at radius 2 is 1.75 bits per heavy atom. The lowest BCUT2D eigenvalue weighted by molar-refractivity contribution is -0.384. The maximum Gasteiger partial charge on any atom is 0.269 e. The number of non-ortho nitro benzene ring substituents is 1. The van der Waals surface area contributed by atoms with Crippen molar-refractivity contribution in [3.63, 3.8) is 0 Å². The van der Waals surface area contributed by atoms with Crippen molar-refractivity contribution in [2.45, 2.75) is 13.0 Å². The van der Waals surface area contributed by atoms with Crippen molar-refractivity contribution in [3.8, 4) is 0 Å². The van der Waals surface area contributed by atoms with Crippen LogP contribution in [-0.2, 0) is 16.1 Å². The first-order valence-electron chi connectivity index (χ1n) is 8.60. The molecule has 1 atom stereocenters. The Morgan fingerprint density at radius 1 is 1.07 bits per heavy atom. The number of carbonyl (C=O) groups excluding carboxylic acids is 3. The summed E-state index contributed by atoms with van der Waals surface area (Å²) in [6, 6.07) is 14.5. The predicted molar refractivity (Wildman–Crippen MR) is 98.7 cm³/mol. The van der Waals surface area contributed by atoms with Gasteiger partial charge in [-0.05, 0) is 17.7 Å². The van der Waals surface area contributed by atoms with Gasteiger partial charge in [0.25, 0.3) is 11.6 Å². The smallest absolute Gasteiger partial charge is 0.269 e. The summed E-state index contributed by atoms with van der Waals surface area (Å²) in [5.74, 6) is -1.74. The monoisotopic (exact) mass is 382 g/mol. The van der Waals surface area contributed by atoms with Gasteiger partial charge in [0.15, 0.2) is 0 Å². The molecule has 9 nitrogen and oxygen atoms in total. The second-order valence-corrected chi connectivity index (χ2v) is 6.41. The number of hydrogen-bond donors (Lipinski definition) is 2. The summed E-state index contributed by atoms with van der Waals surface area (Å²) in [6.07, 6.45) is 0.0755. The predicted octanol–water partition coefficient (Wildman–Crippen LogP) is 1.40. The number of carbonyl (C=O) groups is 3. The van der Waals surface area contributed by atoms with Crippen molar-refractivity contribution in [1.82, 2.24) is 15.8 Å². The molecule has 28 heavy (non-hydrogen) atoms. The number of hydrogen-bond acceptors (Lipinski definition) is 5. The Kier molecular flexibility index (Phi) is 5.64. The fourth-order valence-electron chi connectivity index (χ4n) is 2.93. The van der Waals surface area contributed by atoms with E-state index in [1.807, 2.05) is 30.3 Å². The van der Waals surface area contributed by atoms with Gasteiger partial charge in [-0.25, -0.2) is 0 Å². The molecule has 0 spiro atoms. The molecule has 2 N–H and O–H groups in total. The molecule has 0 aromatic heterocycles. The lowest BCUT2D eigenvalue weighted by Gasteiger charge is -2.16. The fourth-order valence-corrected chi connectivity index (χ4v) is 2.93. The standard InChI is InChI=1S/C19H18N4O5/c24-17-10-15(12-22(17)11-13-4-2-1-3-5-13)19(26)21-20-18(25)14-6-8-16(9-7-14)23(27)28/h1-9,15H,10-12H2,(H,20,25)(H,21,26). The van der Waals surface area contributed by atoms with Crippen LogP contribution < -0.4 is 10.9 Å². The van der Waals surface area contributed by atoms with Crippen LogP contribution >= 0.6 is 0 Å². The van der Waals surface area contributed by atoms with Crippen molar-refractivity contribution in [2.75, 3.05) is 6.54 Å². The van der Waals surface area contributed by atoms with E-state index in [1.165, 1.54) is 24.3 Å². The van der Waals surface area contributed by atoms with Crippen LogP contribution in [0.4, 0.5) is 5.69 Å². The number of likely N-dealkylation sites (tertiary alicyclic amines) is 1. The highest BCUT2D eigenvalue weighted by atomic mass is 16.6. The lowest BCUT2D eigenvalue weighted by Crippen LogP contribution is -2.45. The second kappa shape index (κ2) is 8.30. The van der Waals surface area contributed by atoms with Crippen molar-refractivity contribution < 1.29 is 19.3 Å². The van der Waals surface area contributed by atoms with Gasteiger partial charge in [-0.3, -0.25) is 35.3 Å². The Labute approximate surface area is 160 Å². The van der Waals surface area contributed by atoms with Gasteiger partial charge in [0.1, 0.15) is 0 Å². The van der Waals surface area contributed by atoms with Crippen molar-refractivity contribution in [2.24, 2.45) is 5.92 Å². The molecule has 9 heteroatoms. The highest BCUT2D eigenvalue weighted by Crippen LogP contribution is 2.20. The number of rotatable bonds is 5. The number of nitro benzene ring substituents is 1. The van der Waals surface area contributed by atoms with Crippen LogP contribution in [0.25, 0.3) is 0 Å². The minimum absolute atomic E-state index is 0.0755. The molecule has 1 fully saturated rings. The van der Waals surface area contributed by atoms with Gasteiger partial charge in [0.2, 0.25) is 11.8 Å². The average molecular weight is 382 g/mol. The molecule has 1 aliphatic heterocycles. The van der Waals surface area contributed by atoms with Crippen LogP contribution in [-0.4, -0.2) is 34.1 Å². The zero-order valence-electron chi connectivity index (χ0n) is 14.8. The van der Waals surface area contributed by atoms with E-state index < -0.39 is 22.7 Å². The summed E-state index contributed by atoms with van der Waals surface area (Å²) in [5, 5.41) is 10.6. The molecule has 1 unspecified atom stereocenters. The minimum atomic E-state index is -0.603. The zero-order chi connectivity index (χ0) is 20.1. The van der Waals surface area contributed by atoms with Gasteiger partial charge in [0, 0.05) is 37.2 Å². The number of amides is 3. The Morgan fingerprint density at radius 3 is 2.39 bits per heavy atom. The topological polar surface area (TPSA) is 122 Å². The Balaban J connectivity index is 1.51. The second-order valence-electron chi connectivity index (χ2n) is 6.41. The summed E-state index contributed by atoms with van der Waals surface area (Å²) >= 11 is 0. The molecule has 3 rings (SSSR count). The average Bonchev–Trinajstić information content (AvgIpc) is 3.07. The molecule has 3 amide bonds. The van der Waals surface area contributed by atoms with Gasteiger partial charge in [-0.2, -0.15) is 0 Å². The van der Waals surface area contributed by atoms with Crippen LogP contribution in [0.2, 0.25) is 0 Å². The van der Waals surface area contributed by atoms with Gasteiger partial charge >= 0.3 is 0 Å². The fraction of sp³-hybridized carbons (Fsp3) is 0.211. The first-order chi connectivity index (χ1) is 13.4. The van der Waals surface area contributed by atoms with Gasteiger partial charge in [-0.15, -0.1) is 0 Å². The van der Waals surface area contributed by atoms with Crippen LogP contribution in [0, 0.1) is 16.0 Å². The first-order valence-corrected chi connectivity index (χ1v) is 8.60. The van der Waals surface area contributed by atoms with E-state index in [2.05, 4.69) is 10.9 Å². The van der Waals surface area contributed by atoms with Crippen LogP contribution in [0.5, 0.6) is 0 Å². The van der Waals surface area contributed by atoms with E-state index in [4.69, 9.17) is 0 Å². The summed E-state index contributed by atoms with van der Waals surface area (Å²) < 4.78 is 0. The molecule has 1 heterocycles. The maximum absolute atomic E-state index is 12.3. The summed E-state index contributed by atoms with van der Waals surface area (Å²) in [6.45, 7) is 0.700. The molecule has 2 aromatic rings. The number of nitro groups is 1. The van der Waals surface area contributed by atoms with Crippen LogP contribution in [0.3, 0.4) is 0 Å². The van der Waals surface area contributed by atoms with E-state index in [0.717, 1.165) is 5.56 Å². The summed E-state index contributed by atoms with van der Waals surface area (Å²) in [7, 11) is 0. The third-order valence-corrected chi connectivity index (χ3v) is 4.44. The molecule has 0 radical (unpaired) electrons. The number of benzene rings is 2. The Bertz CT molecular complexity index is 898. The van der Waals surface area contributed by atoms with Gasteiger partial charge in [-0.1, -0.05) is 30.3 Å². The van der Waals surface area contributed by atoms with E-state index in [-0.39, 0.29) is 30.1 Å². The van der Waals surface area contributed by atoms with Gasteiger partial charge in [0.05, 0.1) is 10.8 Å². The van der Waals surface area contributed by atoms with Crippen LogP contribution in [0.1, 0.15) is 22.3 Å². The third-order valence-electron chi connectivity index (χ3n) is 4.44. The van der Waals surface area contributed by atoms with Crippen molar-refractivity contribution >= 4 is 23.4 Å². The maximum atomic E-state index is 12.3. The number of nitrogens with zero attached hydrogens (tertiary/aromatic N) is 2. The van der Waals surface area contributed by atoms with E-state index >= 15 is 0 Å². The first kappa shape index (κ1) is 19.0. The number of nitrogens with one attached hydrogen (secondary N) is 2. The van der Waals surface area contributed by atoms with E-state index in [1.54, 1.807) is 4.90 Å². The molecule has 0 aliphatic carbocycles.